The Balaban J connectivity index is 0.00000361. The van der Waals surface area contributed by atoms with E-state index in [1.54, 1.807) is 4.90 Å². The largest absolute Gasteiger partial charge is 0.463 e. The van der Waals surface area contributed by atoms with Gasteiger partial charge in [0.25, 0.3) is 0 Å². The number of nitrogens with one attached hydrogen (secondary N) is 1. The molecule has 4 atom stereocenters. The molecule has 1 aliphatic heterocycles. The van der Waals surface area contributed by atoms with E-state index in [1.807, 2.05) is 43.3 Å². The fourth-order valence-corrected chi connectivity index (χ4v) is 5.20. The molecule has 2 aromatic carbocycles. The van der Waals surface area contributed by atoms with Gasteiger partial charge in [0.1, 0.15) is 12.6 Å². The summed E-state index contributed by atoms with van der Waals surface area (Å²) in [6, 6.07) is 13.5. The van der Waals surface area contributed by atoms with E-state index in [0.29, 0.717) is 18.4 Å². The molecule has 1 fully saturated rings. The number of carbonyl (C=O) groups excluding carboxylic acids is 1. The van der Waals surface area contributed by atoms with Crippen LogP contribution in [0.2, 0.25) is 0 Å². The molecule has 0 amide bonds. The zero-order valence-corrected chi connectivity index (χ0v) is 21.9. The molecule has 0 spiro atoms. The van der Waals surface area contributed by atoms with Gasteiger partial charge in [0.2, 0.25) is 0 Å². The molecule has 0 aromatic heterocycles. The van der Waals surface area contributed by atoms with E-state index < -0.39 is 24.2 Å². The maximum atomic E-state index is 13.4. The van der Waals surface area contributed by atoms with Crippen molar-refractivity contribution in [2.75, 3.05) is 26.2 Å². The Hall–Kier alpha value is -2.09. The SMILES string of the molecule is CC(C(=O)OCC(c1ccccc1)N1CCNC(C(F)(F)F)C1)c1ccc2c(c1)CC(C(C)C)C2.Cl. The molecule has 4 unspecified atom stereocenters. The van der Waals surface area contributed by atoms with Crippen molar-refractivity contribution < 1.29 is 22.7 Å². The lowest BCUT2D eigenvalue weighted by Gasteiger charge is -2.39. The normalized spacial score (nSPS) is 22.0. The van der Waals surface area contributed by atoms with Crippen LogP contribution < -0.4 is 5.32 Å². The fraction of sp³-hybridized carbons (Fsp3) is 0.536. The van der Waals surface area contributed by atoms with Gasteiger partial charge in [-0.25, -0.2) is 0 Å². The third-order valence-electron chi connectivity index (χ3n) is 7.60. The monoisotopic (exact) mass is 524 g/mol. The maximum Gasteiger partial charge on any atom is 0.405 e. The topological polar surface area (TPSA) is 41.6 Å². The second kappa shape index (κ2) is 12.0. The van der Waals surface area contributed by atoms with Crippen LogP contribution in [0.15, 0.2) is 48.5 Å². The number of esters is 1. The summed E-state index contributed by atoms with van der Waals surface area (Å²) in [5.41, 5.74) is 4.43. The van der Waals surface area contributed by atoms with Gasteiger partial charge in [-0.05, 0) is 53.9 Å². The summed E-state index contributed by atoms with van der Waals surface area (Å²) in [7, 11) is 0. The van der Waals surface area contributed by atoms with Gasteiger partial charge >= 0.3 is 12.1 Å². The summed E-state index contributed by atoms with van der Waals surface area (Å²) in [6.45, 7) is 6.83. The van der Waals surface area contributed by atoms with Crippen LogP contribution in [-0.4, -0.2) is 49.3 Å². The molecule has 0 saturated carbocycles. The molecule has 198 valence electrons. The minimum Gasteiger partial charge on any atom is -0.463 e. The van der Waals surface area contributed by atoms with E-state index in [9.17, 15) is 18.0 Å². The maximum absolute atomic E-state index is 13.4. The Morgan fingerprint density at radius 2 is 1.75 bits per heavy atom. The zero-order chi connectivity index (χ0) is 25.2. The molecule has 0 radical (unpaired) electrons. The highest BCUT2D eigenvalue weighted by atomic mass is 35.5. The zero-order valence-electron chi connectivity index (χ0n) is 21.1. The summed E-state index contributed by atoms with van der Waals surface area (Å²) >= 11 is 0. The number of carbonyl (C=O) groups is 1. The first-order valence-electron chi connectivity index (χ1n) is 12.5. The Morgan fingerprint density at radius 3 is 2.42 bits per heavy atom. The van der Waals surface area contributed by atoms with Crippen molar-refractivity contribution in [2.24, 2.45) is 11.8 Å². The molecule has 1 aliphatic carbocycles. The van der Waals surface area contributed by atoms with Crippen LogP contribution in [0, 0.1) is 11.8 Å². The lowest BCUT2D eigenvalue weighted by Crippen LogP contribution is -2.58. The predicted molar refractivity (Wildman–Crippen MR) is 137 cm³/mol. The van der Waals surface area contributed by atoms with E-state index in [2.05, 4.69) is 31.3 Å². The molecule has 2 aliphatic rings. The van der Waals surface area contributed by atoms with E-state index in [4.69, 9.17) is 4.74 Å². The van der Waals surface area contributed by atoms with E-state index in [0.717, 1.165) is 24.0 Å². The molecular formula is C28H36ClF3N2O2. The average Bonchev–Trinajstić information content (AvgIpc) is 3.28. The minimum atomic E-state index is -4.33. The predicted octanol–water partition coefficient (Wildman–Crippen LogP) is 5.70. The second-order valence-electron chi connectivity index (χ2n) is 10.3. The minimum absolute atomic E-state index is 0. The van der Waals surface area contributed by atoms with E-state index >= 15 is 0 Å². The van der Waals surface area contributed by atoms with Crippen molar-refractivity contribution in [1.82, 2.24) is 10.2 Å². The Labute approximate surface area is 218 Å². The molecule has 36 heavy (non-hydrogen) atoms. The second-order valence-corrected chi connectivity index (χ2v) is 10.3. The third-order valence-corrected chi connectivity index (χ3v) is 7.60. The number of alkyl halides is 3. The standard InChI is InChI=1S/C28H35F3N2O2.ClH/c1-18(2)23-14-22-10-9-21(13-24(22)15-23)19(3)27(34)35-17-25(20-7-5-4-6-8-20)33-12-11-32-26(16-33)28(29,30)31;/h4-10,13,18-19,23,25-26,32H,11-12,14-17H2,1-3H3;1H. The number of hydrogen-bond donors (Lipinski definition) is 1. The lowest BCUT2D eigenvalue weighted by molar-refractivity contribution is -0.169. The molecule has 8 heteroatoms. The van der Waals surface area contributed by atoms with Crippen LogP contribution >= 0.6 is 12.4 Å². The Bertz CT molecular complexity index is 1020. The van der Waals surface area contributed by atoms with Crippen LogP contribution in [0.4, 0.5) is 13.2 Å². The Morgan fingerprint density at radius 1 is 1.06 bits per heavy atom. The van der Waals surface area contributed by atoms with Gasteiger partial charge in [0, 0.05) is 19.6 Å². The quantitative estimate of drug-likeness (QED) is 0.472. The van der Waals surface area contributed by atoms with Crippen molar-refractivity contribution >= 4 is 18.4 Å². The highest BCUT2D eigenvalue weighted by molar-refractivity contribution is 5.85. The first-order valence-corrected chi connectivity index (χ1v) is 12.5. The number of ether oxygens (including phenoxy) is 1. The summed E-state index contributed by atoms with van der Waals surface area (Å²) in [4.78, 5) is 14.8. The van der Waals surface area contributed by atoms with Crippen molar-refractivity contribution in [3.63, 3.8) is 0 Å². The van der Waals surface area contributed by atoms with Crippen LogP contribution in [0.3, 0.4) is 0 Å². The molecular weight excluding hydrogens is 489 g/mol. The average molecular weight is 525 g/mol. The van der Waals surface area contributed by atoms with Gasteiger partial charge in [0.15, 0.2) is 0 Å². The van der Waals surface area contributed by atoms with E-state index in [1.165, 1.54) is 11.1 Å². The summed E-state index contributed by atoms with van der Waals surface area (Å²) in [5, 5.41) is 2.56. The molecule has 4 rings (SSSR count). The van der Waals surface area contributed by atoms with Gasteiger partial charge in [-0.2, -0.15) is 13.2 Å². The lowest BCUT2D eigenvalue weighted by atomic mass is 9.93. The number of hydrogen-bond acceptors (Lipinski definition) is 4. The number of halogens is 4. The molecule has 0 bridgehead atoms. The highest BCUT2D eigenvalue weighted by Crippen LogP contribution is 2.34. The van der Waals surface area contributed by atoms with Gasteiger partial charge in [-0.3, -0.25) is 9.69 Å². The molecule has 2 aromatic rings. The number of fused-ring (bicyclic) bond motifs is 1. The van der Waals surface area contributed by atoms with E-state index in [-0.39, 0.29) is 38.1 Å². The number of piperazine rings is 1. The smallest absolute Gasteiger partial charge is 0.405 e. The van der Waals surface area contributed by atoms with Crippen LogP contribution in [0.5, 0.6) is 0 Å². The van der Waals surface area contributed by atoms with Gasteiger partial charge in [-0.1, -0.05) is 62.4 Å². The van der Waals surface area contributed by atoms with Gasteiger partial charge < -0.3 is 10.1 Å². The van der Waals surface area contributed by atoms with Crippen molar-refractivity contribution in [3.8, 4) is 0 Å². The van der Waals surface area contributed by atoms with Crippen LogP contribution in [-0.2, 0) is 22.4 Å². The Kier molecular flexibility index (Phi) is 9.47. The molecule has 1 saturated heterocycles. The number of nitrogens with zero attached hydrogens (tertiary/aromatic N) is 1. The molecule has 1 heterocycles. The van der Waals surface area contributed by atoms with Crippen LogP contribution in [0.1, 0.15) is 55.0 Å². The summed E-state index contributed by atoms with van der Waals surface area (Å²) in [6.07, 6.45) is -2.22. The first kappa shape index (κ1) is 28.5. The molecule has 4 nitrogen and oxygen atoms in total. The molecule has 1 N–H and O–H groups in total. The fourth-order valence-electron chi connectivity index (χ4n) is 5.20. The first-order chi connectivity index (χ1) is 16.6. The van der Waals surface area contributed by atoms with Gasteiger partial charge in [0.05, 0.1) is 12.0 Å². The van der Waals surface area contributed by atoms with Crippen LogP contribution in [0.25, 0.3) is 0 Å². The summed E-state index contributed by atoms with van der Waals surface area (Å²) in [5.74, 6) is 0.450. The van der Waals surface area contributed by atoms with Crippen molar-refractivity contribution in [2.45, 2.75) is 57.8 Å². The third kappa shape index (κ3) is 6.61. The van der Waals surface area contributed by atoms with Crippen molar-refractivity contribution in [3.05, 3.63) is 70.8 Å². The highest BCUT2D eigenvalue weighted by Gasteiger charge is 2.43. The number of rotatable bonds is 7. The number of benzene rings is 2. The van der Waals surface area contributed by atoms with Gasteiger partial charge in [-0.15, -0.1) is 12.4 Å². The summed E-state index contributed by atoms with van der Waals surface area (Å²) < 4.78 is 45.9. The van der Waals surface area contributed by atoms with Crippen molar-refractivity contribution in [1.29, 1.82) is 0 Å².